The van der Waals surface area contributed by atoms with Crippen LogP contribution in [0.5, 0.6) is 0 Å². The Hall–Kier alpha value is -2.05. The lowest BCUT2D eigenvalue weighted by molar-refractivity contribution is -0.143. The van der Waals surface area contributed by atoms with Crippen molar-refractivity contribution in [2.75, 3.05) is 13.4 Å². The number of carbonyl (C=O) groups is 1. The van der Waals surface area contributed by atoms with Gasteiger partial charge in [0.05, 0.1) is 28.1 Å². The van der Waals surface area contributed by atoms with Crippen LogP contribution in [-0.2, 0) is 23.5 Å². The average molecular weight is 498 g/mol. The topological polar surface area (TPSA) is 39.2 Å². The van der Waals surface area contributed by atoms with E-state index in [1.54, 1.807) is 11.4 Å². The van der Waals surface area contributed by atoms with Crippen LogP contribution in [0.2, 0.25) is 0 Å². The summed E-state index contributed by atoms with van der Waals surface area (Å²) in [7, 11) is 1.26. The van der Waals surface area contributed by atoms with Gasteiger partial charge >= 0.3 is 18.3 Å². The molecule has 0 saturated heterocycles. The number of alkyl halides is 6. The number of nitrogens with zero attached hydrogens (tertiary/aromatic N) is 1. The summed E-state index contributed by atoms with van der Waals surface area (Å²) in [6, 6.07) is 3.10. The van der Waals surface area contributed by atoms with Gasteiger partial charge in [0, 0.05) is 17.4 Å². The van der Waals surface area contributed by atoms with Crippen molar-refractivity contribution in [2.24, 2.45) is 0 Å². The van der Waals surface area contributed by atoms with E-state index < -0.39 is 29.4 Å². The summed E-state index contributed by atoms with van der Waals surface area (Å²) in [5.74, 6) is -0.507. The van der Waals surface area contributed by atoms with Gasteiger partial charge in [-0.25, -0.2) is 9.78 Å². The van der Waals surface area contributed by atoms with Crippen LogP contribution in [0, 0.1) is 0 Å². The van der Waals surface area contributed by atoms with Gasteiger partial charge in [-0.05, 0) is 36.1 Å². The molecule has 31 heavy (non-hydrogen) atoms. The lowest BCUT2D eigenvalue weighted by atomic mass is 10.0. The zero-order valence-corrected chi connectivity index (χ0v) is 18.3. The van der Waals surface area contributed by atoms with Crippen molar-refractivity contribution >= 4 is 40.4 Å². The predicted molar refractivity (Wildman–Crippen MR) is 108 cm³/mol. The lowest BCUT2D eigenvalue weighted by Crippen LogP contribution is -2.12. The Morgan fingerprint density at radius 3 is 2.19 bits per heavy atom. The summed E-state index contributed by atoms with van der Waals surface area (Å²) in [5.41, 5.74) is -1.89. The van der Waals surface area contributed by atoms with Crippen LogP contribution in [0.4, 0.5) is 26.3 Å². The fourth-order valence-electron chi connectivity index (χ4n) is 2.72. The van der Waals surface area contributed by atoms with E-state index in [2.05, 4.69) is 4.98 Å². The number of benzene rings is 1. The maximum atomic E-state index is 13.1. The number of thiazole rings is 1. The molecule has 1 aromatic carbocycles. The smallest absolute Gasteiger partial charge is 0.416 e. The molecule has 0 unspecified atom stereocenters. The highest BCUT2D eigenvalue weighted by Gasteiger charge is 2.36. The molecule has 0 spiro atoms. The second-order valence-corrected chi connectivity index (χ2v) is 9.23. The number of halogens is 6. The Balaban J connectivity index is 1.95. The number of carbonyl (C=O) groups excluding carboxylic acids is 1. The highest BCUT2D eigenvalue weighted by molar-refractivity contribution is 8.00. The molecule has 2 heterocycles. The van der Waals surface area contributed by atoms with Crippen LogP contribution in [0.15, 0.2) is 33.9 Å². The largest absolute Gasteiger partial charge is 0.465 e. The Morgan fingerprint density at radius 2 is 1.68 bits per heavy atom. The van der Waals surface area contributed by atoms with E-state index >= 15 is 0 Å². The highest BCUT2D eigenvalue weighted by atomic mass is 32.2. The van der Waals surface area contributed by atoms with Crippen LogP contribution < -0.4 is 0 Å². The van der Waals surface area contributed by atoms with Gasteiger partial charge in [0.25, 0.3) is 0 Å². The maximum Gasteiger partial charge on any atom is 0.416 e. The van der Waals surface area contributed by atoms with Gasteiger partial charge in [-0.15, -0.1) is 34.4 Å². The zero-order chi connectivity index (χ0) is 23.0. The predicted octanol–water partition coefficient (Wildman–Crippen LogP) is 7.01. The standard InChI is InChI=1S/C19H13F6NO2S3/c1-28-16(27)14-7-13(17(29-2)31-14)15-26-12(8-30-15)5-9-3-10(18(20,21)22)6-11(4-9)19(23,24)25/h3-4,6-8H,5H2,1-2H3. The van der Waals surface area contributed by atoms with E-state index in [1.165, 1.54) is 41.5 Å². The van der Waals surface area contributed by atoms with Crippen molar-refractivity contribution in [2.45, 2.75) is 23.0 Å². The van der Waals surface area contributed by atoms with Gasteiger partial charge in [-0.1, -0.05) is 0 Å². The van der Waals surface area contributed by atoms with Crippen LogP contribution in [0.25, 0.3) is 10.6 Å². The van der Waals surface area contributed by atoms with Crippen molar-refractivity contribution in [3.63, 3.8) is 0 Å². The molecular weight excluding hydrogens is 484 g/mol. The summed E-state index contributed by atoms with van der Waals surface area (Å²) in [6.45, 7) is 0. The van der Waals surface area contributed by atoms with Gasteiger partial charge < -0.3 is 4.74 Å². The van der Waals surface area contributed by atoms with Gasteiger partial charge in [-0.2, -0.15) is 26.3 Å². The van der Waals surface area contributed by atoms with Crippen molar-refractivity contribution < 1.29 is 35.9 Å². The summed E-state index contributed by atoms with van der Waals surface area (Å²) >= 11 is 3.79. The first kappa shape index (κ1) is 23.6. The molecule has 3 rings (SSSR count). The van der Waals surface area contributed by atoms with E-state index in [4.69, 9.17) is 4.74 Å². The number of rotatable bonds is 5. The summed E-state index contributed by atoms with van der Waals surface area (Å²) in [6.07, 6.45) is -8.20. The minimum Gasteiger partial charge on any atom is -0.465 e. The molecule has 2 aromatic heterocycles. The molecule has 0 amide bonds. The molecular formula is C19H13F6NO2S3. The van der Waals surface area contributed by atoms with Crippen LogP contribution >= 0.6 is 34.4 Å². The molecule has 0 saturated carbocycles. The van der Waals surface area contributed by atoms with Crippen molar-refractivity contribution in [3.05, 3.63) is 56.9 Å². The number of thioether (sulfide) groups is 1. The van der Waals surface area contributed by atoms with Crippen molar-refractivity contribution in [1.29, 1.82) is 0 Å². The molecule has 12 heteroatoms. The average Bonchev–Trinajstić information content (AvgIpc) is 3.32. The van der Waals surface area contributed by atoms with Gasteiger partial charge in [0.2, 0.25) is 0 Å². The van der Waals surface area contributed by atoms with Crippen molar-refractivity contribution in [1.82, 2.24) is 4.98 Å². The summed E-state index contributed by atoms with van der Waals surface area (Å²) < 4.78 is 83.9. The number of ether oxygens (including phenoxy) is 1. The molecule has 3 aromatic rings. The molecule has 0 aliphatic heterocycles. The molecule has 0 radical (unpaired) electrons. The number of methoxy groups -OCH3 is 1. The first-order valence-corrected chi connectivity index (χ1v) is 11.3. The van der Waals surface area contributed by atoms with E-state index in [0.717, 1.165) is 4.21 Å². The third-order valence-corrected chi connectivity index (χ3v) is 7.26. The fraction of sp³-hybridized carbons (Fsp3) is 0.263. The van der Waals surface area contributed by atoms with Crippen molar-refractivity contribution in [3.8, 4) is 10.6 Å². The third-order valence-electron chi connectivity index (χ3n) is 4.08. The minimum atomic E-state index is -4.91. The van der Waals surface area contributed by atoms with Gasteiger partial charge in [-0.3, -0.25) is 0 Å². The molecule has 0 aliphatic rings. The second kappa shape index (κ2) is 8.83. The third kappa shape index (κ3) is 5.42. The number of esters is 1. The molecule has 0 aliphatic carbocycles. The van der Waals surface area contributed by atoms with E-state index in [0.29, 0.717) is 33.3 Å². The van der Waals surface area contributed by atoms with E-state index in [1.807, 2.05) is 6.26 Å². The zero-order valence-electron chi connectivity index (χ0n) is 15.9. The van der Waals surface area contributed by atoms with E-state index in [9.17, 15) is 31.1 Å². The Morgan fingerprint density at radius 1 is 1.06 bits per heavy atom. The molecule has 3 nitrogen and oxygen atoms in total. The summed E-state index contributed by atoms with van der Waals surface area (Å²) in [4.78, 5) is 16.5. The summed E-state index contributed by atoms with van der Waals surface area (Å²) in [5, 5.41) is 2.08. The molecule has 166 valence electrons. The molecule has 0 atom stereocenters. The first-order valence-electron chi connectivity index (χ1n) is 8.41. The quantitative estimate of drug-likeness (QED) is 0.216. The molecule has 0 bridgehead atoms. The monoisotopic (exact) mass is 497 g/mol. The fourth-order valence-corrected chi connectivity index (χ4v) is 5.48. The normalized spacial score (nSPS) is 12.3. The molecule has 0 N–H and O–H groups in total. The maximum absolute atomic E-state index is 13.1. The Kier molecular flexibility index (Phi) is 6.72. The van der Waals surface area contributed by atoms with Crippen LogP contribution in [0.1, 0.15) is 32.1 Å². The Bertz CT molecular complexity index is 1070. The minimum absolute atomic E-state index is 0.0976. The number of hydrogen-bond acceptors (Lipinski definition) is 6. The van der Waals surface area contributed by atoms with Gasteiger partial charge in [0.1, 0.15) is 9.88 Å². The highest BCUT2D eigenvalue weighted by Crippen LogP contribution is 2.40. The van der Waals surface area contributed by atoms with Gasteiger partial charge in [0.15, 0.2) is 0 Å². The first-order chi connectivity index (χ1) is 14.4. The van der Waals surface area contributed by atoms with Crippen LogP contribution in [0.3, 0.4) is 0 Å². The number of aromatic nitrogens is 1. The Labute approximate surface area is 185 Å². The second-order valence-electron chi connectivity index (χ2n) is 6.24. The number of hydrogen-bond donors (Lipinski definition) is 0. The van der Waals surface area contributed by atoms with Crippen LogP contribution in [-0.4, -0.2) is 24.3 Å². The molecule has 0 fully saturated rings. The lowest BCUT2D eigenvalue weighted by Gasteiger charge is -2.13. The van der Waals surface area contributed by atoms with E-state index in [-0.39, 0.29) is 18.1 Å². The number of thiophene rings is 1. The SMILES string of the molecule is COC(=O)c1cc(-c2nc(Cc3cc(C(F)(F)F)cc(C(F)(F)F)c3)cs2)c(SC)s1.